The van der Waals surface area contributed by atoms with Crippen molar-refractivity contribution in [3.05, 3.63) is 22.0 Å². The number of carbonyl (C=O) groups excluding carboxylic acids is 1. The maximum atomic E-state index is 11.0. The van der Waals surface area contributed by atoms with Crippen molar-refractivity contribution in [1.29, 1.82) is 0 Å². The van der Waals surface area contributed by atoms with Crippen molar-refractivity contribution in [2.45, 2.75) is 6.54 Å². The van der Waals surface area contributed by atoms with E-state index in [2.05, 4.69) is 15.0 Å². The van der Waals surface area contributed by atoms with E-state index in [9.17, 15) is 14.9 Å². The summed E-state index contributed by atoms with van der Waals surface area (Å²) in [5.74, 6) is -0.613. The van der Waals surface area contributed by atoms with Crippen molar-refractivity contribution in [3.8, 4) is 0 Å². The molecule has 0 aromatic carbocycles. The number of nitrogens with zero attached hydrogens (tertiary/aromatic N) is 4. The fraction of sp³-hybridized carbons (Fsp3) is 0.500. The van der Waals surface area contributed by atoms with Crippen molar-refractivity contribution in [2.24, 2.45) is 0 Å². The molecule has 0 N–H and O–H groups in total. The second-order valence-electron chi connectivity index (χ2n) is 2.39. The highest BCUT2D eigenvalue weighted by Crippen LogP contribution is 1.98. The number of nitro groups is 1. The molecule has 0 spiro atoms. The molecule has 0 saturated carbocycles. The SMILES string of the molecule is COC(=O)c1cnnn1CC[N+](=O)[O-]. The lowest BCUT2D eigenvalue weighted by molar-refractivity contribution is -0.481. The Morgan fingerprint density at radius 3 is 3.07 bits per heavy atom. The van der Waals surface area contributed by atoms with E-state index in [0.717, 1.165) is 4.68 Å². The minimum Gasteiger partial charge on any atom is -0.464 e. The summed E-state index contributed by atoms with van der Waals surface area (Å²) in [4.78, 5) is 20.6. The lowest BCUT2D eigenvalue weighted by atomic mass is 10.4. The Bertz CT molecular complexity index is 347. The molecular weight excluding hydrogens is 192 g/mol. The van der Waals surface area contributed by atoms with E-state index in [1.54, 1.807) is 0 Å². The summed E-state index contributed by atoms with van der Waals surface area (Å²) in [6.07, 6.45) is 1.20. The van der Waals surface area contributed by atoms with E-state index in [-0.39, 0.29) is 18.8 Å². The minimum absolute atomic E-state index is 0.00255. The zero-order valence-corrected chi connectivity index (χ0v) is 7.41. The third-order valence-corrected chi connectivity index (χ3v) is 1.51. The first-order chi connectivity index (χ1) is 6.65. The van der Waals surface area contributed by atoms with Crippen LogP contribution in [0.3, 0.4) is 0 Å². The second-order valence-corrected chi connectivity index (χ2v) is 2.39. The summed E-state index contributed by atoms with van der Waals surface area (Å²) in [5, 5.41) is 17.1. The topological polar surface area (TPSA) is 100 Å². The molecule has 14 heavy (non-hydrogen) atoms. The summed E-state index contributed by atoms with van der Waals surface area (Å²) in [6.45, 7) is -0.315. The standard InChI is InChI=1S/C6H8N4O4/c1-14-6(11)5-4-7-8-9(5)2-3-10(12)13/h4H,2-3H2,1H3. The molecule has 0 aliphatic carbocycles. The normalized spacial score (nSPS) is 9.79. The molecule has 0 amide bonds. The summed E-state index contributed by atoms with van der Waals surface area (Å²) in [7, 11) is 1.22. The molecule has 8 nitrogen and oxygen atoms in total. The van der Waals surface area contributed by atoms with E-state index in [0.29, 0.717) is 0 Å². The van der Waals surface area contributed by atoms with Gasteiger partial charge in [-0.25, -0.2) is 9.48 Å². The molecule has 0 aliphatic heterocycles. The summed E-state index contributed by atoms with van der Waals surface area (Å²) < 4.78 is 5.57. The fourth-order valence-corrected chi connectivity index (χ4v) is 0.862. The first-order valence-corrected chi connectivity index (χ1v) is 3.73. The van der Waals surface area contributed by atoms with Crippen LogP contribution in [-0.4, -0.2) is 39.5 Å². The van der Waals surface area contributed by atoms with Gasteiger partial charge in [-0.05, 0) is 0 Å². The average Bonchev–Trinajstić information content (AvgIpc) is 2.61. The van der Waals surface area contributed by atoms with Gasteiger partial charge in [-0.1, -0.05) is 5.21 Å². The summed E-state index contributed by atoms with van der Waals surface area (Å²) >= 11 is 0. The van der Waals surface area contributed by atoms with Gasteiger partial charge in [0.1, 0.15) is 6.54 Å². The summed E-state index contributed by atoms with van der Waals surface area (Å²) in [6, 6.07) is 0. The Morgan fingerprint density at radius 1 is 1.79 bits per heavy atom. The van der Waals surface area contributed by atoms with Crippen LogP contribution in [0.1, 0.15) is 10.5 Å². The van der Waals surface area contributed by atoms with Crippen molar-refractivity contribution < 1.29 is 14.5 Å². The van der Waals surface area contributed by atoms with Gasteiger partial charge in [0.25, 0.3) is 0 Å². The number of esters is 1. The third kappa shape index (κ3) is 2.25. The highest BCUT2D eigenvalue weighted by atomic mass is 16.6. The Balaban J connectivity index is 2.72. The molecule has 0 radical (unpaired) electrons. The fourth-order valence-electron chi connectivity index (χ4n) is 0.862. The predicted molar refractivity (Wildman–Crippen MR) is 43.2 cm³/mol. The molecule has 1 aromatic rings. The first kappa shape index (κ1) is 10.1. The maximum Gasteiger partial charge on any atom is 0.358 e. The minimum atomic E-state index is -0.613. The van der Waals surface area contributed by atoms with Gasteiger partial charge in [-0.2, -0.15) is 0 Å². The molecule has 0 aliphatic rings. The molecular formula is C6H8N4O4. The maximum absolute atomic E-state index is 11.0. The number of rotatable bonds is 4. The number of methoxy groups -OCH3 is 1. The van der Waals surface area contributed by atoms with Gasteiger partial charge < -0.3 is 4.74 Å². The molecule has 0 unspecified atom stereocenters. The number of ether oxygens (including phenoxy) is 1. The van der Waals surface area contributed by atoms with Gasteiger partial charge in [0.2, 0.25) is 6.54 Å². The molecule has 0 fully saturated rings. The molecule has 1 heterocycles. The summed E-state index contributed by atoms with van der Waals surface area (Å²) in [5.41, 5.74) is 0.106. The smallest absolute Gasteiger partial charge is 0.358 e. The predicted octanol–water partition coefficient (Wildman–Crippen LogP) is -0.659. The van der Waals surface area contributed by atoms with Crippen molar-refractivity contribution in [1.82, 2.24) is 15.0 Å². The monoisotopic (exact) mass is 200 g/mol. The van der Waals surface area contributed by atoms with Crippen molar-refractivity contribution >= 4 is 5.97 Å². The highest BCUT2D eigenvalue weighted by Gasteiger charge is 2.14. The Hall–Kier alpha value is -1.99. The van der Waals surface area contributed by atoms with E-state index in [1.165, 1.54) is 13.3 Å². The Labute approximate surface area is 78.6 Å². The van der Waals surface area contributed by atoms with Gasteiger partial charge in [0.15, 0.2) is 5.69 Å². The molecule has 1 aromatic heterocycles. The van der Waals surface area contributed by atoms with Crippen LogP contribution in [0.2, 0.25) is 0 Å². The van der Waals surface area contributed by atoms with Crippen LogP contribution in [0.15, 0.2) is 6.20 Å². The van der Waals surface area contributed by atoms with E-state index < -0.39 is 10.9 Å². The van der Waals surface area contributed by atoms with Crippen molar-refractivity contribution in [3.63, 3.8) is 0 Å². The number of hydrogen-bond donors (Lipinski definition) is 0. The highest BCUT2D eigenvalue weighted by molar-refractivity contribution is 5.86. The van der Waals surface area contributed by atoms with E-state index in [1.807, 2.05) is 0 Å². The van der Waals surface area contributed by atoms with Crippen LogP contribution in [0, 0.1) is 10.1 Å². The lowest BCUT2D eigenvalue weighted by Crippen LogP contribution is -2.17. The zero-order chi connectivity index (χ0) is 10.6. The molecule has 0 atom stereocenters. The lowest BCUT2D eigenvalue weighted by Gasteiger charge is -2.00. The number of carbonyl (C=O) groups is 1. The van der Waals surface area contributed by atoms with Crippen LogP contribution >= 0.6 is 0 Å². The van der Waals surface area contributed by atoms with Crippen LogP contribution in [0.4, 0.5) is 0 Å². The van der Waals surface area contributed by atoms with Crippen LogP contribution in [0.25, 0.3) is 0 Å². The van der Waals surface area contributed by atoms with Crippen LogP contribution < -0.4 is 0 Å². The molecule has 76 valence electrons. The Kier molecular flexibility index (Phi) is 3.10. The number of hydrogen-bond acceptors (Lipinski definition) is 6. The van der Waals surface area contributed by atoms with Gasteiger partial charge in [0.05, 0.1) is 13.3 Å². The molecule has 0 bridgehead atoms. The second kappa shape index (κ2) is 4.30. The average molecular weight is 200 g/mol. The first-order valence-electron chi connectivity index (χ1n) is 3.73. The van der Waals surface area contributed by atoms with Gasteiger partial charge in [-0.3, -0.25) is 10.1 Å². The Morgan fingerprint density at radius 2 is 2.50 bits per heavy atom. The van der Waals surface area contributed by atoms with Gasteiger partial charge >= 0.3 is 5.97 Å². The van der Waals surface area contributed by atoms with Crippen LogP contribution in [-0.2, 0) is 11.3 Å². The zero-order valence-electron chi connectivity index (χ0n) is 7.41. The van der Waals surface area contributed by atoms with Crippen molar-refractivity contribution in [2.75, 3.05) is 13.7 Å². The molecule has 0 saturated heterocycles. The van der Waals surface area contributed by atoms with Gasteiger partial charge in [0, 0.05) is 4.92 Å². The van der Waals surface area contributed by atoms with E-state index >= 15 is 0 Å². The largest absolute Gasteiger partial charge is 0.464 e. The number of aromatic nitrogens is 3. The van der Waals surface area contributed by atoms with E-state index in [4.69, 9.17) is 0 Å². The molecule has 1 rings (SSSR count). The third-order valence-electron chi connectivity index (χ3n) is 1.51. The van der Waals surface area contributed by atoms with Gasteiger partial charge in [-0.15, -0.1) is 5.10 Å². The van der Waals surface area contributed by atoms with Crippen LogP contribution in [0.5, 0.6) is 0 Å². The molecule has 8 heteroatoms. The quantitative estimate of drug-likeness (QED) is 0.363.